The van der Waals surface area contributed by atoms with Crippen molar-refractivity contribution in [2.75, 3.05) is 11.1 Å². The number of thioether (sulfide) groups is 1. The molecule has 2 aromatic carbocycles. The summed E-state index contributed by atoms with van der Waals surface area (Å²) >= 11 is 13.5. The van der Waals surface area contributed by atoms with Crippen molar-refractivity contribution in [1.29, 1.82) is 0 Å². The third kappa shape index (κ3) is 6.99. The van der Waals surface area contributed by atoms with Crippen LogP contribution in [0.2, 0.25) is 10.0 Å². The fourth-order valence-corrected chi connectivity index (χ4v) is 4.81. The molecule has 7 nitrogen and oxygen atoms in total. The number of anilines is 1. The SMILES string of the molecule is CCc1ccc(NC(=O)CSc2nnc([C@H](NC(=O)c3ccc(Cl)cc3Cl)C(C)C)n2CC)cc1. The number of nitrogens with zero attached hydrogens (tertiary/aromatic N) is 3. The van der Waals surface area contributed by atoms with E-state index in [0.717, 1.165) is 12.1 Å². The van der Waals surface area contributed by atoms with Crippen molar-refractivity contribution in [2.24, 2.45) is 5.92 Å². The standard InChI is InChI=1S/C25H29Cl2N5O2S/c1-5-16-7-10-18(11-8-16)28-21(33)14-35-25-31-30-23(32(25)6-2)22(15(3)4)29-24(34)19-12-9-17(26)13-20(19)27/h7-13,15,22H,5-6,14H2,1-4H3,(H,28,33)(H,29,34)/t22-/m1/s1. The number of benzene rings is 2. The van der Waals surface area contributed by atoms with E-state index in [-0.39, 0.29) is 28.5 Å². The molecule has 10 heteroatoms. The number of rotatable bonds is 10. The van der Waals surface area contributed by atoms with E-state index in [0.29, 0.717) is 28.1 Å². The molecule has 0 aliphatic rings. The van der Waals surface area contributed by atoms with Gasteiger partial charge in [-0.1, -0.05) is 67.9 Å². The lowest BCUT2D eigenvalue weighted by atomic mass is 10.0. The molecule has 1 heterocycles. The van der Waals surface area contributed by atoms with Gasteiger partial charge in [-0.05, 0) is 55.2 Å². The Morgan fingerprint density at radius 2 is 1.77 bits per heavy atom. The summed E-state index contributed by atoms with van der Waals surface area (Å²) in [5.74, 6) is 0.397. The van der Waals surface area contributed by atoms with Crippen molar-refractivity contribution < 1.29 is 9.59 Å². The van der Waals surface area contributed by atoms with Crippen molar-refractivity contribution in [1.82, 2.24) is 20.1 Å². The molecule has 0 bridgehead atoms. The van der Waals surface area contributed by atoms with Gasteiger partial charge in [-0.3, -0.25) is 9.59 Å². The average molecular weight is 535 g/mol. The average Bonchev–Trinajstić information content (AvgIpc) is 3.23. The molecule has 0 fully saturated rings. The summed E-state index contributed by atoms with van der Waals surface area (Å²) < 4.78 is 1.92. The molecule has 0 spiro atoms. The van der Waals surface area contributed by atoms with Gasteiger partial charge in [-0.25, -0.2) is 0 Å². The molecule has 0 radical (unpaired) electrons. The second kappa shape index (κ2) is 12.4. The minimum Gasteiger partial charge on any atom is -0.342 e. The minimum atomic E-state index is -0.401. The number of amides is 2. The van der Waals surface area contributed by atoms with E-state index in [4.69, 9.17) is 23.2 Å². The summed E-state index contributed by atoms with van der Waals surface area (Å²) in [5.41, 5.74) is 2.31. The summed E-state index contributed by atoms with van der Waals surface area (Å²) in [7, 11) is 0. The summed E-state index contributed by atoms with van der Waals surface area (Å²) in [6.45, 7) is 8.64. The van der Waals surface area contributed by atoms with Crippen molar-refractivity contribution in [2.45, 2.75) is 51.9 Å². The second-order valence-electron chi connectivity index (χ2n) is 8.29. The van der Waals surface area contributed by atoms with Crippen LogP contribution >= 0.6 is 35.0 Å². The molecule has 3 aromatic rings. The Kier molecular flexibility index (Phi) is 9.60. The lowest BCUT2D eigenvalue weighted by molar-refractivity contribution is -0.113. The number of carbonyl (C=O) groups is 2. The van der Waals surface area contributed by atoms with Gasteiger partial charge in [-0.15, -0.1) is 10.2 Å². The van der Waals surface area contributed by atoms with Crippen molar-refractivity contribution in [3.8, 4) is 0 Å². The maximum atomic E-state index is 12.9. The molecule has 3 rings (SSSR count). The number of aromatic nitrogens is 3. The fourth-order valence-electron chi connectivity index (χ4n) is 3.51. The highest BCUT2D eigenvalue weighted by Gasteiger charge is 2.27. The highest BCUT2D eigenvalue weighted by molar-refractivity contribution is 7.99. The Labute approximate surface area is 220 Å². The van der Waals surface area contributed by atoms with Crippen LogP contribution in [-0.2, 0) is 17.8 Å². The van der Waals surface area contributed by atoms with E-state index in [9.17, 15) is 9.59 Å². The van der Waals surface area contributed by atoms with Gasteiger partial charge in [0.15, 0.2) is 11.0 Å². The summed E-state index contributed by atoms with van der Waals surface area (Å²) in [6.07, 6.45) is 0.948. The quantitative estimate of drug-likeness (QED) is 0.311. The molecule has 186 valence electrons. The lowest BCUT2D eigenvalue weighted by Crippen LogP contribution is -2.34. The highest BCUT2D eigenvalue weighted by Crippen LogP contribution is 2.27. The maximum absolute atomic E-state index is 12.9. The number of hydrogen-bond donors (Lipinski definition) is 2. The molecule has 1 atom stereocenters. The summed E-state index contributed by atoms with van der Waals surface area (Å²) in [6, 6.07) is 12.2. The number of carbonyl (C=O) groups excluding carboxylic acids is 2. The molecular formula is C25H29Cl2N5O2S. The van der Waals surface area contributed by atoms with Crippen LogP contribution in [0.5, 0.6) is 0 Å². The van der Waals surface area contributed by atoms with Gasteiger partial charge < -0.3 is 15.2 Å². The predicted octanol–water partition coefficient (Wildman–Crippen LogP) is 6.03. The third-order valence-electron chi connectivity index (χ3n) is 5.45. The van der Waals surface area contributed by atoms with Crippen LogP contribution in [0.15, 0.2) is 47.6 Å². The molecular weight excluding hydrogens is 505 g/mol. The van der Waals surface area contributed by atoms with Gasteiger partial charge >= 0.3 is 0 Å². The Bertz CT molecular complexity index is 1180. The van der Waals surface area contributed by atoms with Crippen LogP contribution < -0.4 is 10.6 Å². The van der Waals surface area contributed by atoms with Gasteiger partial charge in [-0.2, -0.15) is 0 Å². The fraction of sp³-hybridized carbons (Fsp3) is 0.360. The lowest BCUT2D eigenvalue weighted by Gasteiger charge is -2.22. The molecule has 2 amide bonds. The minimum absolute atomic E-state index is 0.0340. The molecule has 0 unspecified atom stereocenters. The van der Waals surface area contributed by atoms with E-state index in [1.165, 1.54) is 23.4 Å². The van der Waals surface area contributed by atoms with Crippen LogP contribution in [0.1, 0.15) is 55.5 Å². The number of nitrogens with one attached hydrogen (secondary N) is 2. The number of aryl methyl sites for hydroxylation is 1. The van der Waals surface area contributed by atoms with Crippen LogP contribution in [-0.4, -0.2) is 32.3 Å². The predicted molar refractivity (Wildman–Crippen MR) is 142 cm³/mol. The van der Waals surface area contributed by atoms with Crippen LogP contribution in [0.4, 0.5) is 5.69 Å². The third-order valence-corrected chi connectivity index (χ3v) is 6.96. The van der Waals surface area contributed by atoms with E-state index in [1.807, 2.05) is 49.6 Å². The monoisotopic (exact) mass is 533 g/mol. The first-order valence-electron chi connectivity index (χ1n) is 11.4. The van der Waals surface area contributed by atoms with Gasteiger partial charge in [0, 0.05) is 17.3 Å². The largest absolute Gasteiger partial charge is 0.342 e. The first-order valence-corrected chi connectivity index (χ1v) is 13.2. The molecule has 0 aliphatic carbocycles. The normalized spacial score (nSPS) is 12.0. The topological polar surface area (TPSA) is 88.9 Å². The Balaban J connectivity index is 1.70. The first-order chi connectivity index (χ1) is 16.7. The maximum Gasteiger partial charge on any atom is 0.253 e. The van der Waals surface area contributed by atoms with Gasteiger partial charge in [0.05, 0.1) is 22.4 Å². The van der Waals surface area contributed by atoms with Crippen LogP contribution in [0, 0.1) is 5.92 Å². The van der Waals surface area contributed by atoms with Crippen LogP contribution in [0.3, 0.4) is 0 Å². The molecule has 0 aliphatic heterocycles. The zero-order chi connectivity index (χ0) is 25.5. The van der Waals surface area contributed by atoms with E-state index in [1.54, 1.807) is 12.1 Å². The molecule has 35 heavy (non-hydrogen) atoms. The molecule has 0 saturated carbocycles. The van der Waals surface area contributed by atoms with Crippen LogP contribution in [0.25, 0.3) is 0 Å². The molecule has 0 saturated heterocycles. The summed E-state index contributed by atoms with van der Waals surface area (Å²) in [5, 5.41) is 16.0. The highest BCUT2D eigenvalue weighted by atomic mass is 35.5. The Morgan fingerprint density at radius 1 is 1.06 bits per heavy atom. The zero-order valence-corrected chi connectivity index (χ0v) is 22.5. The smallest absolute Gasteiger partial charge is 0.253 e. The van der Waals surface area contributed by atoms with E-state index < -0.39 is 6.04 Å². The molecule has 2 N–H and O–H groups in total. The Hall–Kier alpha value is -2.55. The summed E-state index contributed by atoms with van der Waals surface area (Å²) in [4.78, 5) is 25.4. The van der Waals surface area contributed by atoms with E-state index >= 15 is 0 Å². The first kappa shape index (κ1) is 27.0. The van der Waals surface area contributed by atoms with E-state index in [2.05, 4.69) is 27.8 Å². The van der Waals surface area contributed by atoms with Gasteiger partial charge in [0.1, 0.15) is 0 Å². The number of hydrogen-bond acceptors (Lipinski definition) is 5. The Morgan fingerprint density at radius 3 is 2.37 bits per heavy atom. The molecule has 1 aromatic heterocycles. The second-order valence-corrected chi connectivity index (χ2v) is 10.1. The number of halogens is 2. The van der Waals surface area contributed by atoms with Crippen molar-refractivity contribution in [3.05, 3.63) is 69.5 Å². The van der Waals surface area contributed by atoms with Crippen molar-refractivity contribution in [3.63, 3.8) is 0 Å². The van der Waals surface area contributed by atoms with Gasteiger partial charge in [0.25, 0.3) is 5.91 Å². The van der Waals surface area contributed by atoms with Crippen molar-refractivity contribution >= 4 is 52.5 Å². The van der Waals surface area contributed by atoms with Gasteiger partial charge in [0.2, 0.25) is 5.91 Å². The zero-order valence-electron chi connectivity index (χ0n) is 20.1.